The molecule has 0 saturated heterocycles. The standard InChI is InChI=1S/C20H22F2N2O5/c1-11(20(26)27)24-19(25)13-9-15(22)16(10-14(13)21)23-7-6-12-4-5-17(28-2)18(8-12)29-3/h4-5,8-11,23H,6-7H2,1-3H3,(H,24,25)(H,26,27)/t11-/m1/s1. The first-order valence-corrected chi connectivity index (χ1v) is 8.74. The van der Waals surface area contributed by atoms with Crippen LogP contribution < -0.4 is 20.1 Å². The molecule has 9 heteroatoms. The van der Waals surface area contributed by atoms with Gasteiger partial charge < -0.3 is 25.2 Å². The lowest BCUT2D eigenvalue weighted by molar-refractivity contribution is -0.138. The number of rotatable bonds is 9. The quantitative estimate of drug-likeness (QED) is 0.591. The number of halogens is 2. The fourth-order valence-corrected chi connectivity index (χ4v) is 2.57. The van der Waals surface area contributed by atoms with Crippen molar-refractivity contribution in [3.05, 3.63) is 53.1 Å². The van der Waals surface area contributed by atoms with E-state index < -0.39 is 35.1 Å². The normalized spacial score (nSPS) is 11.5. The third kappa shape index (κ3) is 5.56. The molecule has 0 fully saturated rings. The van der Waals surface area contributed by atoms with E-state index in [0.717, 1.165) is 17.7 Å². The number of ether oxygens (including phenoxy) is 2. The van der Waals surface area contributed by atoms with Gasteiger partial charge in [0.15, 0.2) is 11.5 Å². The molecule has 0 aliphatic heterocycles. The Labute approximate surface area is 166 Å². The predicted octanol–water partition coefficient (Wildman–Crippen LogP) is 2.84. The molecule has 0 bridgehead atoms. The summed E-state index contributed by atoms with van der Waals surface area (Å²) in [7, 11) is 3.05. The maximum Gasteiger partial charge on any atom is 0.325 e. The van der Waals surface area contributed by atoms with Crippen LogP contribution in [0.1, 0.15) is 22.8 Å². The second-order valence-electron chi connectivity index (χ2n) is 6.21. The summed E-state index contributed by atoms with van der Waals surface area (Å²) in [4.78, 5) is 22.7. The number of methoxy groups -OCH3 is 2. The summed E-state index contributed by atoms with van der Waals surface area (Å²) in [5.74, 6) is -2.93. The molecule has 1 atom stereocenters. The Morgan fingerprint density at radius 2 is 1.76 bits per heavy atom. The zero-order chi connectivity index (χ0) is 21.6. The third-order valence-electron chi connectivity index (χ3n) is 4.20. The molecule has 29 heavy (non-hydrogen) atoms. The van der Waals surface area contributed by atoms with Gasteiger partial charge >= 0.3 is 5.97 Å². The summed E-state index contributed by atoms with van der Waals surface area (Å²) in [6, 6.07) is 5.73. The monoisotopic (exact) mass is 408 g/mol. The second kappa shape index (κ2) is 9.72. The van der Waals surface area contributed by atoms with Crippen LogP contribution in [-0.2, 0) is 11.2 Å². The number of carboxylic acids is 1. The van der Waals surface area contributed by atoms with Crippen LogP contribution in [0.5, 0.6) is 11.5 Å². The van der Waals surface area contributed by atoms with E-state index >= 15 is 0 Å². The van der Waals surface area contributed by atoms with E-state index in [1.165, 1.54) is 21.1 Å². The Balaban J connectivity index is 2.04. The van der Waals surface area contributed by atoms with Gasteiger partial charge in [-0.25, -0.2) is 8.78 Å². The summed E-state index contributed by atoms with van der Waals surface area (Å²) < 4.78 is 38.9. The molecule has 0 spiro atoms. The zero-order valence-electron chi connectivity index (χ0n) is 16.2. The molecule has 0 aromatic heterocycles. The molecule has 2 aromatic rings. The van der Waals surface area contributed by atoms with Gasteiger partial charge in [-0.15, -0.1) is 0 Å². The van der Waals surface area contributed by atoms with Crippen molar-refractivity contribution >= 4 is 17.6 Å². The van der Waals surface area contributed by atoms with Gasteiger partial charge in [-0.2, -0.15) is 0 Å². The smallest absolute Gasteiger partial charge is 0.325 e. The van der Waals surface area contributed by atoms with E-state index in [4.69, 9.17) is 14.6 Å². The highest BCUT2D eigenvalue weighted by Crippen LogP contribution is 2.28. The molecule has 156 valence electrons. The van der Waals surface area contributed by atoms with Crippen molar-refractivity contribution in [1.82, 2.24) is 5.32 Å². The first kappa shape index (κ1) is 21.9. The van der Waals surface area contributed by atoms with Gasteiger partial charge in [-0.3, -0.25) is 9.59 Å². The van der Waals surface area contributed by atoms with Crippen LogP contribution >= 0.6 is 0 Å². The lowest BCUT2D eigenvalue weighted by atomic mass is 10.1. The molecule has 7 nitrogen and oxygen atoms in total. The van der Waals surface area contributed by atoms with Crippen molar-refractivity contribution in [1.29, 1.82) is 0 Å². The Morgan fingerprint density at radius 3 is 2.38 bits per heavy atom. The number of carbonyl (C=O) groups is 2. The van der Waals surface area contributed by atoms with Crippen LogP contribution in [0, 0.1) is 11.6 Å². The fraction of sp³-hybridized carbons (Fsp3) is 0.300. The molecular formula is C20H22F2N2O5. The highest BCUT2D eigenvalue weighted by molar-refractivity contribution is 5.97. The number of aliphatic carboxylic acids is 1. The predicted molar refractivity (Wildman–Crippen MR) is 103 cm³/mol. The Kier molecular flexibility index (Phi) is 7.35. The van der Waals surface area contributed by atoms with E-state index in [1.807, 2.05) is 6.07 Å². The van der Waals surface area contributed by atoms with Gasteiger partial charge in [-0.1, -0.05) is 6.07 Å². The average molecular weight is 408 g/mol. The van der Waals surface area contributed by atoms with Crippen LogP contribution in [0.2, 0.25) is 0 Å². The second-order valence-corrected chi connectivity index (χ2v) is 6.21. The molecule has 1 amide bonds. The largest absolute Gasteiger partial charge is 0.493 e. The molecule has 0 heterocycles. The molecule has 3 N–H and O–H groups in total. The van der Waals surface area contributed by atoms with Crippen molar-refractivity contribution in [2.75, 3.05) is 26.1 Å². The van der Waals surface area contributed by atoms with Crippen LogP contribution in [0.4, 0.5) is 14.5 Å². The average Bonchev–Trinajstić information content (AvgIpc) is 2.69. The molecule has 2 aromatic carbocycles. The molecule has 0 aliphatic carbocycles. The molecule has 0 radical (unpaired) electrons. The molecule has 0 unspecified atom stereocenters. The van der Waals surface area contributed by atoms with Crippen LogP contribution in [-0.4, -0.2) is 43.8 Å². The SMILES string of the molecule is COc1ccc(CCNc2cc(F)c(C(=O)N[C@H](C)C(=O)O)cc2F)cc1OC. The number of carboxylic acid groups (broad SMARTS) is 1. The highest BCUT2D eigenvalue weighted by Gasteiger charge is 2.20. The van der Waals surface area contributed by atoms with Crippen molar-refractivity contribution < 1.29 is 33.0 Å². The summed E-state index contributed by atoms with van der Waals surface area (Å²) in [6.07, 6.45) is 0.500. The van der Waals surface area contributed by atoms with Crippen molar-refractivity contribution in [2.45, 2.75) is 19.4 Å². The Morgan fingerprint density at radius 1 is 1.07 bits per heavy atom. The summed E-state index contributed by atoms with van der Waals surface area (Å²) >= 11 is 0. The van der Waals surface area contributed by atoms with Crippen LogP contribution in [0.15, 0.2) is 30.3 Å². The number of nitrogens with one attached hydrogen (secondary N) is 2. The summed E-state index contributed by atoms with van der Waals surface area (Å²) in [5, 5.41) is 13.7. The number of benzene rings is 2. The Hall–Kier alpha value is -3.36. The highest BCUT2D eigenvalue weighted by atomic mass is 19.1. The van der Waals surface area contributed by atoms with Gasteiger partial charge in [0.2, 0.25) is 0 Å². The maximum atomic E-state index is 14.3. The maximum absolute atomic E-state index is 14.3. The zero-order valence-corrected chi connectivity index (χ0v) is 16.2. The van der Waals surface area contributed by atoms with E-state index in [9.17, 15) is 18.4 Å². The first-order chi connectivity index (χ1) is 13.8. The van der Waals surface area contributed by atoms with Crippen molar-refractivity contribution in [3.8, 4) is 11.5 Å². The van der Waals surface area contributed by atoms with Crippen LogP contribution in [0.25, 0.3) is 0 Å². The van der Waals surface area contributed by atoms with Gasteiger partial charge in [0.1, 0.15) is 17.7 Å². The summed E-state index contributed by atoms with van der Waals surface area (Å²) in [6.45, 7) is 1.52. The lowest BCUT2D eigenvalue weighted by Crippen LogP contribution is -2.38. The molecule has 2 rings (SSSR count). The minimum Gasteiger partial charge on any atom is -0.493 e. The number of carbonyl (C=O) groups excluding carboxylic acids is 1. The summed E-state index contributed by atoms with van der Waals surface area (Å²) in [5.41, 5.74) is 0.224. The van der Waals surface area contributed by atoms with E-state index in [-0.39, 0.29) is 5.69 Å². The van der Waals surface area contributed by atoms with Crippen LogP contribution in [0.3, 0.4) is 0 Å². The lowest BCUT2D eigenvalue weighted by Gasteiger charge is -2.13. The molecular weight excluding hydrogens is 386 g/mol. The molecule has 0 saturated carbocycles. The topological polar surface area (TPSA) is 96.9 Å². The first-order valence-electron chi connectivity index (χ1n) is 8.74. The van der Waals surface area contributed by atoms with E-state index in [2.05, 4.69) is 10.6 Å². The number of hydrogen-bond acceptors (Lipinski definition) is 5. The fourth-order valence-electron chi connectivity index (χ4n) is 2.57. The van der Waals surface area contributed by atoms with E-state index in [0.29, 0.717) is 24.5 Å². The number of anilines is 1. The minimum atomic E-state index is -1.28. The minimum absolute atomic E-state index is 0.106. The van der Waals surface area contributed by atoms with Crippen molar-refractivity contribution in [3.63, 3.8) is 0 Å². The number of hydrogen-bond donors (Lipinski definition) is 3. The van der Waals surface area contributed by atoms with Crippen molar-refractivity contribution in [2.24, 2.45) is 0 Å². The Bertz CT molecular complexity index is 905. The van der Waals surface area contributed by atoms with Gasteiger partial charge in [0.05, 0.1) is 25.5 Å². The van der Waals surface area contributed by atoms with Gasteiger partial charge in [-0.05, 0) is 37.1 Å². The van der Waals surface area contributed by atoms with Gasteiger partial charge in [0.25, 0.3) is 5.91 Å². The third-order valence-corrected chi connectivity index (χ3v) is 4.20. The molecule has 0 aliphatic rings. The van der Waals surface area contributed by atoms with Gasteiger partial charge in [0, 0.05) is 12.6 Å². The van der Waals surface area contributed by atoms with E-state index in [1.54, 1.807) is 12.1 Å². The number of amides is 1.